The molecule has 4 heterocycles. The highest BCUT2D eigenvalue weighted by atomic mass is 16.5. The summed E-state index contributed by atoms with van der Waals surface area (Å²) in [6.07, 6.45) is 3.35. The van der Waals surface area contributed by atoms with Gasteiger partial charge >= 0.3 is 0 Å². The first-order valence-electron chi connectivity index (χ1n) is 10.5. The molecule has 0 saturated carbocycles. The first-order valence-corrected chi connectivity index (χ1v) is 10.5. The summed E-state index contributed by atoms with van der Waals surface area (Å²) >= 11 is 0. The van der Waals surface area contributed by atoms with Gasteiger partial charge in [-0.3, -0.25) is 9.69 Å². The SMILES string of the molecule is Cc1ccnc(Nc2ccc3c(c2)C(=O)N(c2cccc(-c4nncn4C(C)C)n2)CO3)n1. The summed E-state index contributed by atoms with van der Waals surface area (Å²) in [5.41, 5.74) is 2.58. The Morgan fingerprint density at radius 2 is 2.00 bits per heavy atom. The van der Waals surface area contributed by atoms with E-state index in [2.05, 4.69) is 30.5 Å². The van der Waals surface area contributed by atoms with Gasteiger partial charge in [0.05, 0.1) is 5.56 Å². The Hall–Kier alpha value is -4.34. The normalized spacial score (nSPS) is 13.1. The summed E-state index contributed by atoms with van der Waals surface area (Å²) in [5, 5.41) is 11.3. The molecule has 10 heteroatoms. The monoisotopic (exact) mass is 442 g/mol. The molecule has 166 valence electrons. The molecule has 0 spiro atoms. The molecule has 5 rings (SSSR count). The molecule has 0 aliphatic carbocycles. The zero-order chi connectivity index (χ0) is 22.9. The van der Waals surface area contributed by atoms with Gasteiger partial charge in [0.15, 0.2) is 12.6 Å². The van der Waals surface area contributed by atoms with Gasteiger partial charge in [-0.15, -0.1) is 10.2 Å². The summed E-state index contributed by atoms with van der Waals surface area (Å²) in [5.74, 6) is 1.88. The van der Waals surface area contributed by atoms with Crippen molar-refractivity contribution < 1.29 is 9.53 Å². The number of carbonyl (C=O) groups excluding carboxylic acids is 1. The first kappa shape index (κ1) is 20.6. The number of fused-ring (bicyclic) bond motifs is 1. The Morgan fingerprint density at radius 1 is 1.12 bits per heavy atom. The Labute approximate surface area is 190 Å². The lowest BCUT2D eigenvalue weighted by molar-refractivity contribution is 0.0936. The van der Waals surface area contributed by atoms with Crippen LogP contribution >= 0.6 is 0 Å². The Bertz CT molecular complexity index is 1330. The van der Waals surface area contributed by atoms with Crippen LogP contribution in [-0.4, -0.2) is 42.4 Å². The van der Waals surface area contributed by atoms with Gasteiger partial charge in [0.1, 0.15) is 23.6 Å². The van der Waals surface area contributed by atoms with Crippen LogP contribution in [0, 0.1) is 6.92 Å². The number of aromatic nitrogens is 6. The molecule has 1 aromatic carbocycles. The van der Waals surface area contributed by atoms with Crippen molar-refractivity contribution in [3.05, 3.63) is 66.2 Å². The molecule has 0 atom stereocenters. The van der Waals surface area contributed by atoms with E-state index < -0.39 is 0 Å². The first-order chi connectivity index (χ1) is 16.0. The van der Waals surface area contributed by atoms with Gasteiger partial charge in [-0.05, 0) is 57.2 Å². The molecule has 1 N–H and O–H groups in total. The number of nitrogens with one attached hydrogen (secondary N) is 1. The average Bonchev–Trinajstić information content (AvgIpc) is 3.30. The van der Waals surface area contributed by atoms with Crippen molar-refractivity contribution in [3.63, 3.8) is 0 Å². The van der Waals surface area contributed by atoms with Crippen molar-refractivity contribution in [1.29, 1.82) is 0 Å². The van der Waals surface area contributed by atoms with E-state index in [1.165, 1.54) is 4.90 Å². The van der Waals surface area contributed by atoms with Gasteiger partial charge in [-0.1, -0.05) is 6.07 Å². The molecular weight excluding hydrogens is 420 g/mol. The molecule has 33 heavy (non-hydrogen) atoms. The molecule has 0 radical (unpaired) electrons. The summed E-state index contributed by atoms with van der Waals surface area (Å²) in [6, 6.07) is 12.8. The van der Waals surface area contributed by atoms with Crippen molar-refractivity contribution in [2.75, 3.05) is 16.9 Å². The van der Waals surface area contributed by atoms with Crippen LogP contribution < -0.4 is 15.0 Å². The number of ether oxygens (including phenoxy) is 1. The van der Waals surface area contributed by atoms with Crippen molar-refractivity contribution in [3.8, 4) is 17.3 Å². The number of hydrogen-bond donors (Lipinski definition) is 1. The van der Waals surface area contributed by atoms with E-state index in [1.807, 2.05) is 49.6 Å². The molecule has 0 fully saturated rings. The second-order valence-corrected chi connectivity index (χ2v) is 7.90. The van der Waals surface area contributed by atoms with Crippen LogP contribution in [0.1, 0.15) is 35.9 Å². The molecule has 1 aliphatic rings. The van der Waals surface area contributed by atoms with Crippen LogP contribution in [0.25, 0.3) is 11.5 Å². The summed E-state index contributed by atoms with van der Waals surface area (Å²) in [4.78, 5) is 28.1. The number of aryl methyl sites for hydroxylation is 1. The zero-order valence-corrected chi connectivity index (χ0v) is 18.4. The fourth-order valence-corrected chi connectivity index (χ4v) is 3.55. The third-order valence-electron chi connectivity index (χ3n) is 5.22. The lowest BCUT2D eigenvalue weighted by Crippen LogP contribution is -2.39. The van der Waals surface area contributed by atoms with Gasteiger partial charge in [-0.25, -0.2) is 15.0 Å². The van der Waals surface area contributed by atoms with Crippen molar-refractivity contribution in [1.82, 2.24) is 29.7 Å². The molecule has 1 amide bonds. The maximum Gasteiger partial charge on any atom is 0.266 e. The van der Waals surface area contributed by atoms with E-state index in [9.17, 15) is 4.79 Å². The number of amides is 1. The average molecular weight is 442 g/mol. The Balaban J connectivity index is 1.44. The molecule has 3 aromatic heterocycles. The lowest BCUT2D eigenvalue weighted by Gasteiger charge is -2.28. The topological polar surface area (TPSA) is 111 Å². The summed E-state index contributed by atoms with van der Waals surface area (Å²) in [7, 11) is 0. The molecular formula is C23H22N8O2. The molecule has 10 nitrogen and oxygen atoms in total. The standard InChI is InChI=1S/C23H22N8O2/c1-14(2)30-12-25-29-21(30)18-5-4-6-20(28-18)31-13-33-19-8-7-16(11-17(19)22(31)32)27-23-24-10-9-15(3)26-23/h4-12,14H,13H2,1-3H3,(H,24,26,27). The minimum absolute atomic E-state index is 0.0624. The Kier molecular flexibility index (Phi) is 5.17. The number of benzene rings is 1. The van der Waals surface area contributed by atoms with Crippen LogP contribution in [0.5, 0.6) is 5.75 Å². The van der Waals surface area contributed by atoms with Gasteiger partial charge in [-0.2, -0.15) is 0 Å². The van der Waals surface area contributed by atoms with E-state index in [0.29, 0.717) is 40.3 Å². The summed E-state index contributed by atoms with van der Waals surface area (Å²) < 4.78 is 7.78. The third kappa shape index (κ3) is 3.98. The second kappa shape index (κ2) is 8.30. The number of nitrogens with zero attached hydrogens (tertiary/aromatic N) is 7. The number of pyridine rings is 1. The number of anilines is 3. The van der Waals surface area contributed by atoms with Crippen LogP contribution in [0.3, 0.4) is 0 Å². The van der Waals surface area contributed by atoms with Crippen LogP contribution in [0.4, 0.5) is 17.5 Å². The highest BCUT2D eigenvalue weighted by Gasteiger charge is 2.28. The minimum Gasteiger partial charge on any atom is -0.472 e. The van der Waals surface area contributed by atoms with Gasteiger partial charge < -0.3 is 14.6 Å². The van der Waals surface area contributed by atoms with E-state index in [4.69, 9.17) is 4.74 Å². The highest BCUT2D eigenvalue weighted by molar-refractivity contribution is 6.09. The number of rotatable bonds is 5. The fourth-order valence-electron chi connectivity index (χ4n) is 3.55. The van der Waals surface area contributed by atoms with E-state index in [0.717, 1.165) is 5.69 Å². The molecule has 0 saturated heterocycles. The van der Waals surface area contributed by atoms with Gasteiger partial charge in [0.2, 0.25) is 5.95 Å². The van der Waals surface area contributed by atoms with Crippen LogP contribution in [-0.2, 0) is 0 Å². The Morgan fingerprint density at radius 3 is 2.82 bits per heavy atom. The van der Waals surface area contributed by atoms with Gasteiger partial charge in [0.25, 0.3) is 5.91 Å². The van der Waals surface area contributed by atoms with E-state index in [1.54, 1.807) is 30.7 Å². The fraction of sp³-hybridized carbons (Fsp3) is 0.217. The maximum atomic E-state index is 13.4. The second-order valence-electron chi connectivity index (χ2n) is 7.90. The molecule has 4 aromatic rings. The third-order valence-corrected chi connectivity index (χ3v) is 5.22. The number of hydrogen-bond acceptors (Lipinski definition) is 8. The largest absolute Gasteiger partial charge is 0.472 e. The smallest absolute Gasteiger partial charge is 0.266 e. The number of carbonyl (C=O) groups is 1. The lowest BCUT2D eigenvalue weighted by atomic mass is 10.1. The summed E-state index contributed by atoms with van der Waals surface area (Å²) in [6.45, 7) is 6.04. The predicted molar refractivity (Wildman–Crippen MR) is 122 cm³/mol. The van der Waals surface area contributed by atoms with Crippen LogP contribution in [0.15, 0.2) is 55.0 Å². The van der Waals surface area contributed by atoms with Crippen LogP contribution in [0.2, 0.25) is 0 Å². The highest BCUT2D eigenvalue weighted by Crippen LogP contribution is 2.31. The predicted octanol–water partition coefficient (Wildman–Crippen LogP) is 3.76. The van der Waals surface area contributed by atoms with Gasteiger partial charge in [0, 0.05) is 23.6 Å². The zero-order valence-electron chi connectivity index (χ0n) is 18.4. The maximum absolute atomic E-state index is 13.4. The van der Waals surface area contributed by atoms with Crippen molar-refractivity contribution >= 4 is 23.4 Å². The molecule has 0 bridgehead atoms. The van der Waals surface area contributed by atoms with E-state index >= 15 is 0 Å². The van der Waals surface area contributed by atoms with Crippen molar-refractivity contribution in [2.45, 2.75) is 26.8 Å². The molecule has 0 unspecified atom stereocenters. The van der Waals surface area contributed by atoms with E-state index in [-0.39, 0.29) is 18.7 Å². The minimum atomic E-state index is -0.208. The molecule has 1 aliphatic heterocycles. The quantitative estimate of drug-likeness (QED) is 0.497. The van der Waals surface area contributed by atoms with Crippen molar-refractivity contribution in [2.24, 2.45) is 0 Å².